The molecule has 0 radical (unpaired) electrons. The number of furan rings is 1. The Balaban J connectivity index is 1.66. The Kier molecular flexibility index (Phi) is 4.64. The molecule has 1 fully saturated rings. The van der Waals surface area contributed by atoms with Crippen LogP contribution in [0.25, 0.3) is 17.4 Å². The molecule has 0 N–H and O–H groups in total. The first kappa shape index (κ1) is 18.2. The quantitative estimate of drug-likeness (QED) is 0.448. The Bertz CT molecular complexity index is 982. The van der Waals surface area contributed by atoms with Gasteiger partial charge in [-0.2, -0.15) is 0 Å². The normalized spacial score (nSPS) is 16.2. The molecule has 8 heteroatoms. The average molecular weight is 398 g/mol. The lowest BCUT2D eigenvalue weighted by Crippen LogP contribution is -2.55. The van der Waals surface area contributed by atoms with Crippen LogP contribution in [0.15, 0.2) is 40.3 Å². The fourth-order valence-corrected chi connectivity index (χ4v) is 3.58. The van der Waals surface area contributed by atoms with Crippen LogP contribution in [-0.2, 0) is 9.59 Å². The number of carbonyl (C=O) groups is 2. The molecule has 144 valence electrons. The summed E-state index contributed by atoms with van der Waals surface area (Å²) in [6.07, 6.45) is 1.47. The second-order valence-corrected chi connectivity index (χ2v) is 6.57. The van der Waals surface area contributed by atoms with Crippen LogP contribution in [0, 0.1) is 0 Å². The van der Waals surface area contributed by atoms with Crippen LogP contribution in [0.2, 0.25) is 0 Å². The molecule has 7 nitrogen and oxygen atoms in total. The van der Waals surface area contributed by atoms with Crippen molar-refractivity contribution < 1.29 is 23.5 Å². The molecule has 2 aliphatic rings. The molecular weight excluding hydrogens is 380 g/mol. The number of ether oxygens (including phenoxy) is 2. The highest BCUT2D eigenvalue weighted by Crippen LogP contribution is 2.36. The molecule has 2 aliphatic heterocycles. The van der Waals surface area contributed by atoms with E-state index in [4.69, 9.17) is 26.1 Å². The van der Waals surface area contributed by atoms with Crippen molar-refractivity contribution in [3.05, 3.63) is 41.7 Å². The molecule has 3 heterocycles. The zero-order chi connectivity index (χ0) is 19.8. The Morgan fingerprint density at radius 1 is 1.00 bits per heavy atom. The van der Waals surface area contributed by atoms with Gasteiger partial charge in [0, 0.05) is 18.7 Å². The van der Waals surface area contributed by atoms with Crippen LogP contribution in [0.4, 0.5) is 0 Å². The van der Waals surface area contributed by atoms with Gasteiger partial charge in [-0.15, -0.1) is 0 Å². The maximum absolute atomic E-state index is 12.7. The average Bonchev–Trinajstić information content (AvgIpc) is 3.34. The number of hydrogen-bond donors (Lipinski definition) is 0. The predicted molar refractivity (Wildman–Crippen MR) is 106 cm³/mol. The highest BCUT2D eigenvalue weighted by Gasteiger charge is 2.38. The Labute approximate surface area is 167 Å². The number of likely N-dealkylation sites (N-methyl/N-ethyl adjacent to an activating group) is 2. The van der Waals surface area contributed by atoms with Gasteiger partial charge in [0.25, 0.3) is 11.8 Å². The molecule has 1 saturated heterocycles. The topological polar surface area (TPSA) is 72.2 Å². The zero-order valence-corrected chi connectivity index (χ0v) is 16.2. The van der Waals surface area contributed by atoms with Crippen LogP contribution in [-0.4, -0.2) is 46.6 Å². The molecule has 2 aromatic rings. The van der Waals surface area contributed by atoms with Gasteiger partial charge in [-0.3, -0.25) is 19.4 Å². The molecule has 1 aromatic carbocycles. The lowest BCUT2D eigenvalue weighted by molar-refractivity contribution is -0.133. The summed E-state index contributed by atoms with van der Waals surface area (Å²) in [5.41, 5.74) is 0.839. The third-order valence-corrected chi connectivity index (χ3v) is 5.06. The van der Waals surface area contributed by atoms with Crippen molar-refractivity contribution >= 4 is 35.2 Å². The van der Waals surface area contributed by atoms with Gasteiger partial charge in [-0.05, 0) is 62.5 Å². The minimum Gasteiger partial charge on any atom is -0.457 e. The molecular formula is C20H18N2O5S. The van der Waals surface area contributed by atoms with Gasteiger partial charge in [0.05, 0.1) is 0 Å². The first-order valence-corrected chi connectivity index (χ1v) is 9.33. The van der Waals surface area contributed by atoms with Crippen molar-refractivity contribution in [2.75, 3.05) is 19.9 Å². The van der Waals surface area contributed by atoms with E-state index in [2.05, 4.69) is 0 Å². The monoisotopic (exact) mass is 398 g/mol. The van der Waals surface area contributed by atoms with Crippen LogP contribution < -0.4 is 9.47 Å². The minimum absolute atomic E-state index is 0.0314. The molecule has 0 bridgehead atoms. The molecule has 1 aromatic heterocycles. The predicted octanol–water partition coefficient (Wildman–Crippen LogP) is 3.05. The van der Waals surface area contributed by atoms with E-state index in [-0.39, 0.29) is 17.5 Å². The number of benzene rings is 1. The fraction of sp³-hybridized carbons (Fsp3) is 0.250. The summed E-state index contributed by atoms with van der Waals surface area (Å²) in [4.78, 5) is 28.2. The number of carbonyl (C=O) groups excluding carboxylic acids is 2. The van der Waals surface area contributed by atoms with Crippen molar-refractivity contribution in [2.24, 2.45) is 0 Å². The second kappa shape index (κ2) is 7.12. The fourth-order valence-electron chi connectivity index (χ4n) is 3.16. The molecule has 0 unspecified atom stereocenters. The number of thiocarbonyl (C=S) groups is 1. The van der Waals surface area contributed by atoms with Gasteiger partial charge < -0.3 is 13.9 Å². The summed E-state index contributed by atoms with van der Waals surface area (Å²) in [5, 5.41) is 0.234. The second-order valence-electron chi connectivity index (χ2n) is 6.21. The number of nitrogens with zero attached hydrogens (tertiary/aromatic N) is 2. The van der Waals surface area contributed by atoms with Crippen LogP contribution >= 0.6 is 12.2 Å². The van der Waals surface area contributed by atoms with E-state index in [1.165, 1.54) is 15.9 Å². The van der Waals surface area contributed by atoms with Crippen molar-refractivity contribution in [3.8, 4) is 22.8 Å². The number of hydrogen-bond acceptors (Lipinski definition) is 6. The maximum atomic E-state index is 12.7. The van der Waals surface area contributed by atoms with Gasteiger partial charge in [0.1, 0.15) is 17.1 Å². The first-order valence-electron chi connectivity index (χ1n) is 8.92. The van der Waals surface area contributed by atoms with Crippen molar-refractivity contribution in [1.29, 1.82) is 0 Å². The van der Waals surface area contributed by atoms with E-state index in [1.54, 1.807) is 12.1 Å². The first-order chi connectivity index (χ1) is 13.5. The van der Waals surface area contributed by atoms with Gasteiger partial charge in [0.2, 0.25) is 6.79 Å². The van der Waals surface area contributed by atoms with E-state index in [1.807, 2.05) is 32.0 Å². The highest BCUT2D eigenvalue weighted by atomic mass is 32.1. The van der Waals surface area contributed by atoms with Crippen molar-refractivity contribution in [3.63, 3.8) is 0 Å². The van der Waals surface area contributed by atoms with Gasteiger partial charge in [-0.1, -0.05) is 0 Å². The maximum Gasteiger partial charge on any atom is 0.265 e. The van der Waals surface area contributed by atoms with Gasteiger partial charge in [0.15, 0.2) is 16.6 Å². The molecule has 28 heavy (non-hydrogen) atoms. The molecule has 4 rings (SSSR count). The molecule has 2 amide bonds. The highest BCUT2D eigenvalue weighted by molar-refractivity contribution is 7.80. The summed E-state index contributed by atoms with van der Waals surface area (Å²) in [6.45, 7) is 4.60. The van der Waals surface area contributed by atoms with E-state index in [0.29, 0.717) is 36.1 Å². The number of rotatable bonds is 4. The summed E-state index contributed by atoms with van der Waals surface area (Å²) in [6, 6.07) is 8.99. The Hall–Kier alpha value is -3.13. The SMILES string of the molecule is CCN1C(=O)C(=Cc2ccc(-c3ccc4c(c3)OCO4)o2)C(=O)N(CC)C1=S. The van der Waals surface area contributed by atoms with Gasteiger partial charge in [-0.25, -0.2) is 0 Å². The molecule has 0 atom stereocenters. The Morgan fingerprint density at radius 3 is 2.36 bits per heavy atom. The summed E-state index contributed by atoms with van der Waals surface area (Å²) in [7, 11) is 0. The summed E-state index contributed by atoms with van der Waals surface area (Å²) in [5.74, 6) is 1.51. The number of amides is 2. The zero-order valence-electron chi connectivity index (χ0n) is 15.4. The van der Waals surface area contributed by atoms with E-state index < -0.39 is 11.8 Å². The lowest BCUT2D eigenvalue weighted by Gasteiger charge is -2.35. The summed E-state index contributed by atoms with van der Waals surface area (Å²) >= 11 is 5.26. The van der Waals surface area contributed by atoms with Crippen molar-refractivity contribution in [2.45, 2.75) is 13.8 Å². The largest absolute Gasteiger partial charge is 0.457 e. The lowest BCUT2D eigenvalue weighted by atomic mass is 10.1. The van der Waals surface area contributed by atoms with Crippen LogP contribution in [0.1, 0.15) is 19.6 Å². The molecule has 0 spiro atoms. The molecule has 0 aliphatic carbocycles. The summed E-state index contributed by atoms with van der Waals surface area (Å²) < 4.78 is 16.5. The Morgan fingerprint density at radius 2 is 1.68 bits per heavy atom. The van der Waals surface area contributed by atoms with Crippen LogP contribution in [0.5, 0.6) is 11.5 Å². The van der Waals surface area contributed by atoms with Gasteiger partial charge >= 0.3 is 0 Å². The van der Waals surface area contributed by atoms with Crippen molar-refractivity contribution in [1.82, 2.24) is 9.80 Å². The van der Waals surface area contributed by atoms with Crippen LogP contribution in [0.3, 0.4) is 0 Å². The third-order valence-electron chi connectivity index (χ3n) is 4.62. The number of fused-ring (bicyclic) bond motifs is 1. The molecule has 0 saturated carbocycles. The standard InChI is InChI=1S/C20H18N2O5S/c1-3-21-18(23)14(19(24)22(4-2)20(21)28)10-13-6-8-15(27-13)12-5-7-16-17(9-12)26-11-25-16/h5-10H,3-4,11H2,1-2H3. The minimum atomic E-state index is -0.414. The smallest absolute Gasteiger partial charge is 0.265 e. The van der Waals surface area contributed by atoms with E-state index in [9.17, 15) is 9.59 Å². The van der Waals surface area contributed by atoms with E-state index in [0.717, 1.165) is 5.56 Å². The van der Waals surface area contributed by atoms with E-state index >= 15 is 0 Å². The third kappa shape index (κ3) is 2.95.